The van der Waals surface area contributed by atoms with Crippen molar-refractivity contribution < 1.29 is 9.90 Å². The Morgan fingerprint density at radius 3 is 2.36 bits per heavy atom. The normalized spacial score (nSPS) is 21.9. The van der Waals surface area contributed by atoms with Crippen LogP contribution >= 0.6 is 0 Å². The summed E-state index contributed by atoms with van der Waals surface area (Å²) >= 11 is 0. The van der Waals surface area contributed by atoms with Gasteiger partial charge in [-0.1, -0.05) is 0 Å². The Balaban J connectivity index is 2.22. The number of carboxylic acids is 1. The minimum Gasteiger partial charge on any atom is -0.480 e. The second-order valence-electron chi connectivity index (χ2n) is 2.97. The monoisotopic (exact) mass is 162 g/mol. The molecule has 1 fully saturated rings. The summed E-state index contributed by atoms with van der Waals surface area (Å²) in [6.07, 6.45) is 0. The number of carboxylic acid groups (broad SMARTS) is 1. The number of aliphatic carboxylic acids is 1. The first-order valence-corrected chi connectivity index (χ1v) is 3.81. The summed E-state index contributed by atoms with van der Waals surface area (Å²) in [6, 6.07) is 0. The molecule has 0 bridgehead atoms. The van der Waals surface area contributed by atoms with Crippen molar-refractivity contribution >= 4 is 5.97 Å². The third-order valence-corrected chi connectivity index (χ3v) is 1.95. The zero-order valence-electron chi connectivity index (χ0n) is 6.79. The van der Waals surface area contributed by atoms with Crippen LogP contribution in [0.4, 0.5) is 0 Å². The van der Waals surface area contributed by atoms with Crippen LogP contribution in [-0.2, 0) is 4.79 Å². The number of rotatable bonds is 2. The Labute approximate surface area is 66.4 Å². The Bertz CT molecular complexity index is 141. The molecule has 0 saturated carbocycles. The van der Waals surface area contributed by atoms with Gasteiger partial charge in [0.2, 0.25) is 0 Å². The minimum atomic E-state index is -0.727. The molecule has 0 unspecified atom stereocenters. The molecule has 64 valence electrons. The van der Waals surface area contributed by atoms with E-state index in [1.807, 2.05) is 4.90 Å². The summed E-state index contributed by atoms with van der Waals surface area (Å²) in [5.41, 5.74) is 0. The van der Waals surface area contributed by atoms with E-state index in [0.29, 0.717) is 0 Å². The first-order chi connectivity index (χ1) is 5.18. The summed E-state index contributed by atoms with van der Waals surface area (Å²) < 4.78 is 0. The van der Waals surface area contributed by atoms with Crippen LogP contribution in [0.2, 0.25) is 0 Å². The highest BCUT2D eigenvalue weighted by atomic mass is 16.5. The van der Waals surface area contributed by atoms with E-state index in [0.717, 1.165) is 26.2 Å². The molecule has 11 heavy (non-hydrogen) atoms. The molecule has 1 rings (SSSR count). The molecule has 0 aromatic rings. The summed E-state index contributed by atoms with van der Waals surface area (Å²) in [6.45, 7) is 3.90. The van der Waals surface area contributed by atoms with Crippen molar-refractivity contribution in [3.05, 3.63) is 0 Å². The molecule has 1 aliphatic rings. The predicted octanol–water partition coefficient (Wildman–Crippen LogP) is -0.682. The first-order valence-electron chi connectivity index (χ1n) is 3.81. The lowest BCUT2D eigenvalue weighted by Crippen LogP contribution is -2.46. The zero-order valence-corrected chi connectivity index (χ0v) is 6.79. The van der Waals surface area contributed by atoms with Crippen molar-refractivity contribution in [2.45, 2.75) is 0 Å². The zero-order chi connectivity index (χ0) is 8.27. The van der Waals surface area contributed by atoms with E-state index >= 15 is 0 Å². The Morgan fingerprint density at radius 2 is 1.91 bits per heavy atom. The van der Waals surface area contributed by atoms with Crippen LogP contribution < -0.4 is 0 Å². The van der Waals surface area contributed by atoms with Gasteiger partial charge in [0, 0.05) is 26.2 Å². The van der Waals surface area contributed by atoms with Gasteiger partial charge in [0.15, 0.2) is 0 Å². The van der Waals surface area contributed by atoms with E-state index in [1.165, 1.54) is 0 Å². The van der Waals surface area contributed by atoms with Crippen LogP contribution in [0.1, 0.15) is 0 Å². The highest BCUT2D eigenvalue weighted by Crippen LogP contribution is 1.97. The molecule has 4 nitrogen and oxygen atoms in total. The molecule has 0 aliphatic carbocycles. The van der Waals surface area contributed by atoms with Crippen LogP contribution in [0.25, 0.3) is 0 Å². The van der Waals surface area contributed by atoms with E-state index in [-0.39, 0.29) is 6.54 Å². The fourth-order valence-electron chi connectivity index (χ4n) is 1.20. The van der Waals surface area contributed by atoms with Crippen LogP contribution in [-0.4, -0.2) is 60.6 Å². The van der Waals surface area contributed by atoms with Gasteiger partial charge in [-0.25, -0.2) is 0 Å². The second kappa shape index (κ2) is 3.69. The van der Waals surface area contributed by atoms with Gasteiger partial charge in [-0.2, -0.15) is 0 Å². The van der Waals surface area contributed by atoms with E-state index in [1.54, 1.807) is 0 Å². The lowest BCUT2D eigenvalue weighted by molar-refractivity contribution is -0.138. The highest BCUT2D eigenvalue weighted by molar-refractivity contribution is 5.69. The SMILES string of the molecule is CN1CC[15N](C[13C](=O)O)[13CH2][13CH2]1. The number of carbonyl (C=O) groups is 1. The van der Waals surface area contributed by atoms with Crippen molar-refractivity contribution in [2.75, 3.05) is 39.8 Å². The molecule has 0 radical (unpaired) electrons. The Kier molecular flexibility index (Phi) is 2.84. The lowest BCUT2D eigenvalue weighted by atomic mass is 10.6. The molecule has 1 heterocycles. The lowest BCUT2D eigenvalue weighted by Gasteiger charge is -2.30. The van der Waals surface area contributed by atoms with E-state index in [4.69, 9.17) is 5.11 Å². The molecule has 0 amide bonds. The largest absolute Gasteiger partial charge is 0.480 e. The Hall–Kier alpha value is -0.610. The molecule has 0 atom stereocenters. The molecule has 1 saturated heterocycles. The van der Waals surface area contributed by atoms with E-state index in [9.17, 15) is 4.79 Å². The number of likely N-dealkylation sites (N-methyl/N-ethyl adjacent to an activating group) is 1. The van der Waals surface area contributed by atoms with Crippen LogP contribution in [0.3, 0.4) is 0 Å². The summed E-state index contributed by atoms with van der Waals surface area (Å²) in [7, 11) is 2.05. The fraction of sp³-hybridized carbons (Fsp3) is 0.857. The standard InChI is InChI=1S/C7H14N2O2/c1-8-2-4-9(5-3-8)6-7(10)11/h2-6H2,1H3,(H,10,11)/i2+1,4+1,7+1,9+1. The van der Waals surface area contributed by atoms with E-state index < -0.39 is 5.97 Å². The van der Waals surface area contributed by atoms with Crippen molar-refractivity contribution in [3.63, 3.8) is 0 Å². The minimum absolute atomic E-state index is 0.188. The number of hydrogen-bond acceptors (Lipinski definition) is 3. The van der Waals surface area contributed by atoms with E-state index in [2.05, 4.69) is 11.9 Å². The van der Waals surface area contributed by atoms with Gasteiger partial charge >= 0.3 is 5.97 Å². The molecule has 0 aromatic carbocycles. The molecule has 1 N–H and O–H groups in total. The van der Waals surface area contributed by atoms with Crippen molar-refractivity contribution in [2.24, 2.45) is 0 Å². The first kappa shape index (κ1) is 8.49. The third-order valence-electron chi connectivity index (χ3n) is 1.95. The van der Waals surface area contributed by atoms with Gasteiger partial charge < -0.3 is 10.0 Å². The summed E-state index contributed by atoms with van der Waals surface area (Å²) in [4.78, 5) is 14.5. The maximum atomic E-state index is 10.3. The average Bonchev–Trinajstić information content (AvgIpc) is 1.93. The van der Waals surface area contributed by atoms with Gasteiger partial charge in [0.05, 0.1) is 6.54 Å². The average molecular weight is 162 g/mol. The van der Waals surface area contributed by atoms with Gasteiger partial charge in [0.25, 0.3) is 0 Å². The van der Waals surface area contributed by atoms with Gasteiger partial charge in [-0.15, -0.1) is 0 Å². The molecule has 0 aromatic heterocycles. The molecule has 4 heteroatoms. The number of hydrogen-bond donors (Lipinski definition) is 1. The molecule has 1 aliphatic heterocycles. The van der Waals surface area contributed by atoms with Crippen molar-refractivity contribution in [1.82, 2.24) is 9.80 Å². The highest BCUT2D eigenvalue weighted by Gasteiger charge is 2.15. The molecular formula is C7H14N2O2. The third kappa shape index (κ3) is 2.86. The number of piperazine rings is 1. The molecular weight excluding hydrogens is 148 g/mol. The predicted molar refractivity (Wildman–Crippen MR) is 41.6 cm³/mol. The fourth-order valence-corrected chi connectivity index (χ4v) is 1.20. The van der Waals surface area contributed by atoms with Crippen molar-refractivity contribution in [1.29, 1.82) is 0 Å². The van der Waals surface area contributed by atoms with Gasteiger partial charge in [-0.05, 0) is 7.05 Å². The van der Waals surface area contributed by atoms with Crippen LogP contribution in [0.5, 0.6) is 0 Å². The quantitative estimate of drug-likeness (QED) is 0.431. The maximum absolute atomic E-state index is 10.3. The smallest absolute Gasteiger partial charge is 0.317 e. The second-order valence-corrected chi connectivity index (χ2v) is 2.97. The van der Waals surface area contributed by atoms with Gasteiger partial charge in [0.1, 0.15) is 0 Å². The topological polar surface area (TPSA) is 43.8 Å². The van der Waals surface area contributed by atoms with Crippen LogP contribution in [0.15, 0.2) is 0 Å². The summed E-state index contributed by atoms with van der Waals surface area (Å²) in [5, 5.41) is 8.48. The Morgan fingerprint density at radius 1 is 1.36 bits per heavy atom. The molecule has 0 spiro atoms. The van der Waals surface area contributed by atoms with Crippen LogP contribution in [0, 0.1) is 0 Å². The van der Waals surface area contributed by atoms with Crippen molar-refractivity contribution in [3.8, 4) is 0 Å². The summed E-state index contributed by atoms with van der Waals surface area (Å²) in [5.74, 6) is -0.727. The maximum Gasteiger partial charge on any atom is 0.317 e. The van der Waals surface area contributed by atoms with Gasteiger partial charge in [-0.3, -0.25) is 9.69 Å². The number of nitrogens with zero attached hydrogens (tertiary/aromatic N) is 2.